The zero-order valence-corrected chi connectivity index (χ0v) is 12.3. The van der Waals surface area contributed by atoms with Crippen molar-refractivity contribution >= 4 is 29.3 Å². The van der Waals surface area contributed by atoms with Crippen molar-refractivity contribution < 1.29 is 19.1 Å². The topological polar surface area (TPSA) is 57.6 Å². The van der Waals surface area contributed by atoms with Crippen LogP contribution in [-0.4, -0.2) is 34.5 Å². The Morgan fingerprint density at radius 1 is 1.35 bits per heavy atom. The van der Waals surface area contributed by atoms with Gasteiger partial charge >= 0.3 is 5.97 Å². The van der Waals surface area contributed by atoms with Crippen molar-refractivity contribution in [1.29, 1.82) is 0 Å². The van der Waals surface area contributed by atoms with Crippen LogP contribution in [0.2, 0.25) is 0 Å². The number of carboxylic acid groups (broad SMARTS) is 1. The number of hydrogen-bond donors (Lipinski definition) is 1. The lowest BCUT2D eigenvalue weighted by Gasteiger charge is -2.21. The Hall–Kier alpha value is -1.56. The molecule has 1 amide bonds. The van der Waals surface area contributed by atoms with Crippen LogP contribution in [0.5, 0.6) is 0 Å². The van der Waals surface area contributed by atoms with E-state index in [2.05, 4.69) is 0 Å². The van der Waals surface area contributed by atoms with E-state index < -0.39 is 5.97 Å². The number of halogens is 1. The minimum absolute atomic E-state index is 0.0284. The number of thioether (sulfide) groups is 1. The van der Waals surface area contributed by atoms with Gasteiger partial charge in [0.2, 0.25) is 5.91 Å². The number of carbonyl (C=O) groups excluding carboxylic acids is 1. The second-order valence-electron chi connectivity index (χ2n) is 4.33. The molecule has 0 bridgehead atoms. The summed E-state index contributed by atoms with van der Waals surface area (Å²) in [6.45, 7) is 4.10. The molecule has 1 aromatic carbocycles. The summed E-state index contributed by atoms with van der Waals surface area (Å²) in [5.74, 6) is -1.12. The number of hydrogen-bond acceptors (Lipinski definition) is 3. The molecule has 0 saturated heterocycles. The minimum atomic E-state index is -0.872. The van der Waals surface area contributed by atoms with Gasteiger partial charge in [-0.3, -0.25) is 9.59 Å². The molecule has 20 heavy (non-hydrogen) atoms. The Balaban J connectivity index is 2.59. The number of nitrogens with zero attached hydrogens (tertiary/aromatic N) is 1. The lowest BCUT2D eigenvalue weighted by Crippen LogP contribution is -2.32. The maximum atomic E-state index is 12.9. The molecule has 6 heteroatoms. The Morgan fingerprint density at radius 2 is 1.95 bits per heavy atom. The van der Waals surface area contributed by atoms with Gasteiger partial charge in [0, 0.05) is 17.5 Å². The van der Waals surface area contributed by atoms with Gasteiger partial charge in [0.05, 0.1) is 12.2 Å². The average Bonchev–Trinajstić information content (AvgIpc) is 2.38. The van der Waals surface area contributed by atoms with Crippen LogP contribution < -0.4 is 4.90 Å². The van der Waals surface area contributed by atoms with E-state index in [1.165, 1.54) is 23.9 Å². The first kappa shape index (κ1) is 16.5. The molecule has 1 N–H and O–H groups in total. The normalized spacial score (nSPS) is 11.9. The molecular weight excluding hydrogens is 281 g/mol. The monoisotopic (exact) mass is 299 g/mol. The molecule has 0 aliphatic carbocycles. The maximum Gasteiger partial charge on any atom is 0.304 e. The molecule has 1 atom stereocenters. The lowest BCUT2D eigenvalue weighted by atomic mass is 10.3. The largest absolute Gasteiger partial charge is 0.481 e. The van der Waals surface area contributed by atoms with E-state index in [0.717, 1.165) is 0 Å². The molecule has 0 heterocycles. The van der Waals surface area contributed by atoms with Crippen LogP contribution in [0.4, 0.5) is 10.1 Å². The lowest BCUT2D eigenvalue weighted by molar-refractivity contribution is -0.136. The quantitative estimate of drug-likeness (QED) is 0.841. The Labute approximate surface area is 122 Å². The van der Waals surface area contributed by atoms with Gasteiger partial charge < -0.3 is 10.0 Å². The number of aliphatic carboxylic acids is 1. The SMILES string of the molecule is CCN(C(=O)CSC(C)CC(=O)O)c1ccc(F)cc1. The van der Waals surface area contributed by atoms with E-state index in [4.69, 9.17) is 5.11 Å². The van der Waals surface area contributed by atoms with Crippen LogP contribution in [0.25, 0.3) is 0 Å². The molecule has 0 aliphatic heterocycles. The van der Waals surface area contributed by atoms with Crippen LogP contribution in [0, 0.1) is 5.82 Å². The van der Waals surface area contributed by atoms with Crippen molar-refractivity contribution in [1.82, 2.24) is 0 Å². The average molecular weight is 299 g/mol. The standard InChI is InChI=1S/C14H18FNO3S/c1-3-16(12-6-4-11(15)5-7-12)13(17)9-20-10(2)8-14(18)19/h4-7,10H,3,8-9H2,1-2H3,(H,18,19). The van der Waals surface area contributed by atoms with E-state index in [9.17, 15) is 14.0 Å². The minimum Gasteiger partial charge on any atom is -0.481 e. The second-order valence-corrected chi connectivity index (χ2v) is 5.76. The molecule has 0 spiro atoms. The van der Waals surface area contributed by atoms with Gasteiger partial charge in [-0.25, -0.2) is 4.39 Å². The highest BCUT2D eigenvalue weighted by atomic mass is 32.2. The first-order chi connectivity index (χ1) is 9.43. The summed E-state index contributed by atoms with van der Waals surface area (Å²) in [5, 5.41) is 8.54. The number of anilines is 1. The highest BCUT2D eigenvalue weighted by Crippen LogP contribution is 2.19. The van der Waals surface area contributed by atoms with E-state index in [1.807, 2.05) is 6.92 Å². The Bertz CT molecular complexity index is 464. The smallest absolute Gasteiger partial charge is 0.304 e. The van der Waals surface area contributed by atoms with Crippen LogP contribution >= 0.6 is 11.8 Å². The van der Waals surface area contributed by atoms with Gasteiger partial charge in [0.15, 0.2) is 0 Å². The molecule has 1 aromatic rings. The van der Waals surface area contributed by atoms with E-state index in [1.54, 1.807) is 24.0 Å². The summed E-state index contributed by atoms with van der Waals surface area (Å²) in [6.07, 6.45) is 0.0284. The third-order valence-electron chi connectivity index (χ3n) is 2.71. The van der Waals surface area contributed by atoms with Crippen molar-refractivity contribution in [3.05, 3.63) is 30.1 Å². The van der Waals surface area contributed by atoms with Crippen LogP contribution in [0.1, 0.15) is 20.3 Å². The molecule has 0 saturated carbocycles. The summed E-state index contributed by atoms with van der Waals surface area (Å²) in [5.41, 5.74) is 0.644. The van der Waals surface area contributed by atoms with E-state index >= 15 is 0 Å². The fourth-order valence-corrected chi connectivity index (χ4v) is 2.56. The van der Waals surface area contributed by atoms with Crippen LogP contribution in [0.15, 0.2) is 24.3 Å². The number of rotatable bonds is 7. The fourth-order valence-electron chi connectivity index (χ4n) is 1.72. The van der Waals surface area contributed by atoms with Crippen molar-refractivity contribution in [2.24, 2.45) is 0 Å². The van der Waals surface area contributed by atoms with Crippen LogP contribution in [-0.2, 0) is 9.59 Å². The summed E-state index contributed by atoms with van der Waals surface area (Å²) in [6, 6.07) is 5.74. The van der Waals surface area contributed by atoms with Gasteiger partial charge in [-0.1, -0.05) is 6.92 Å². The molecule has 0 aromatic heterocycles. The number of carbonyl (C=O) groups is 2. The van der Waals surface area contributed by atoms with E-state index in [0.29, 0.717) is 12.2 Å². The fraction of sp³-hybridized carbons (Fsp3) is 0.429. The zero-order chi connectivity index (χ0) is 15.1. The number of carboxylic acids is 1. The third kappa shape index (κ3) is 5.21. The molecule has 1 unspecified atom stereocenters. The van der Waals surface area contributed by atoms with Crippen LogP contribution in [0.3, 0.4) is 0 Å². The molecule has 110 valence electrons. The van der Waals surface area contributed by atoms with Crippen molar-refractivity contribution in [3.63, 3.8) is 0 Å². The van der Waals surface area contributed by atoms with Crippen molar-refractivity contribution in [2.75, 3.05) is 17.2 Å². The molecule has 4 nitrogen and oxygen atoms in total. The first-order valence-corrected chi connectivity index (χ1v) is 7.38. The zero-order valence-electron chi connectivity index (χ0n) is 11.5. The predicted octanol–water partition coefficient (Wildman–Crippen LogP) is 2.78. The van der Waals surface area contributed by atoms with Gasteiger partial charge in [0.25, 0.3) is 0 Å². The van der Waals surface area contributed by atoms with Gasteiger partial charge in [-0.2, -0.15) is 0 Å². The summed E-state index contributed by atoms with van der Waals surface area (Å²) >= 11 is 1.31. The summed E-state index contributed by atoms with van der Waals surface area (Å²) in [7, 11) is 0. The van der Waals surface area contributed by atoms with Crippen molar-refractivity contribution in [3.8, 4) is 0 Å². The molecule has 0 aliphatic rings. The van der Waals surface area contributed by atoms with E-state index in [-0.39, 0.29) is 29.1 Å². The number of benzene rings is 1. The first-order valence-electron chi connectivity index (χ1n) is 6.33. The molecular formula is C14H18FNO3S. The Kier molecular flexibility index (Phi) is 6.51. The predicted molar refractivity (Wildman–Crippen MR) is 78.6 cm³/mol. The van der Waals surface area contributed by atoms with Gasteiger partial charge in [-0.05, 0) is 31.2 Å². The summed E-state index contributed by atoms with van der Waals surface area (Å²) in [4.78, 5) is 24.2. The van der Waals surface area contributed by atoms with Crippen molar-refractivity contribution in [2.45, 2.75) is 25.5 Å². The third-order valence-corrected chi connectivity index (χ3v) is 3.86. The molecule has 0 fully saturated rings. The highest BCUT2D eigenvalue weighted by molar-refractivity contribution is 8.00. The summed E-state index contributed by atoms with van der Waals surface area (Å²) < 4.78 is 12.9. The molecule has 0 radical (unpaired) electrons. The Morgan fingerprint density at radius 3 is 2.45 bits per heavy atom. The number of amides is 1. The maximum absolute atomic E-state index is 12.9. The van der Waals surface area contributed by atoms with Gasteiger partial charge in [-0.15, -0.1) is 11.8 Å². The highest BCUT2D eigenvalue weighted by Gasteiger charge is 2.16. The van der Waals surface area contributed by atoms with Gasteiger partial charge in [0.1, 0.15) is 5.82 Å². The second kappa shape index (κ2) is 7.89. The molecule has 1 rings (SSSR count).